The predicted molar refractivity (Wildman–Crippen MR) is 109 cm³/mol. The van der Waals surface area contributed by atoms with Gasteiger partial charge in [0.2, 0.25) is 0 Å². The normalized spacial score (nSPS) is 20.7. The number of aliphatic imine (C=N–C) groups is 1. The number of rotatable bonds is 6. The van der Waals surface area contributed by atoms with Crippen LogP contribution in [0.25, 0.3) is 0 Å². The first-order chi connectivity index (χ1) is 10.7. The number of hydrogen-bond acceptors (Lipinski definition) is 4. The molecule has 1 aromatic rings. The zero-order valence-corrected chi connectivity index (χ0v) is 17.4. The lowest BCUT2D eigenvalue weighted by atomic mass is 10.1. The lowest BCUT2D eigenvalue weighted by molar-refractivity contribution is -0.0161. The van der Waals surface area contributed by atoms with Crippen molar-refractivity contribution in [1.29, 1.82) is 0 Å². The summed E-state index contributed by atoms with van der Waals surface area (Å²) in [6.07, 6.45) is 0.234. The van der Waals surface area contributed by atoms with E-state index in [-0.39, 0.29) is 30.1 Å². The first kappa shape index (κ1) is 20.7. The third-order valence-corrected chi connectivity index (χ3v) is 4.84. The molecule has 2 N–H and O–H groups in total. The van der Waals surface area contributed by atoms with Gasteiger partial charge in [-0.3, -0.25) is 4.99 Å². The summed E-state index contributed by atoms with van der Waals surface area (Å²) in [6, 6.07) is 4.28. The van der Waals surface area contributed by atoms with Crippen LogP contribution in [0.2, 0.25) is 0 Å². The molecular weight excluding hydrogens is 423 g/mol. The molecule has 5 nitrogen and oxygen atoms in total. The van der Waals surface area contributed by atoms with E-state index in [0.29, 0.717) is 5.92 Å². The molecule has 1 saturated heterocycles. The Morgan fingerprint density at radius 2 is 2.35 bits per heavy atom. The number of hydrogen-bond donors (Lipinski definition) is 2. The first-order valence-corrected chi connectivity index (χ1v) is 8.92. The second kappa shape index (κ2) is 11.2. The Morgan fingerprint density at radius 1 is 1.52 bits per heavy atom. The minimum Gasteiger partial charge on any atom is -0.374 e. The summed E-state index contributed by atoms with van der Waals surface area (Å²) in [5.41, 5.74) is 0. The molecule has 23 heavy (non-hydrogen) atoms. The van der Waals surface area contributed by atoms with Gasteiger partial charge in [0.15, 0.2) is 5.96 Å². The standard InChI is InChI=1S/C16H28N4OS.HI/c1-4-17-16(18-10-13(2)15-6-5-9-22-15)19-11-14-12-20(3)7-8-21-14;/h5-6,9,13-14H,4,7-8,10-12H2,1-3H3,(H2,17,18,19);1H. The van der Waals surface area contributed by atoms with Crippen LogP contribution in [0.1, 0.15) is 24.6 Å². The number of morpholine rings is 1. The van der Waals surface area contributed by atoms with Crippen molar-refractivity contribution < 1.29 is 4.74 Å². The van der Waals surface area contributed by atoms with Crippen molar-refractivity contribution in [3.63, 3.8) is 0 Å². The van der Waals surface area contributed by atoms with Gasteiger partial charge >= 0.3 is 0 Å². The molecule has 0 radical (unpaired) electrons. The quantitative estimate of drug-likeness (QED) is 0.395. The van der Waals surface area contributed by atoms with E-state index in [0.717, 1.165) is 45.3 Å². The summed E-state index contributed by atoms with van der Waals surface area (Å²) in [6.45, 7) is 9.56. The number of nitrogens with one attached hydrogen (secondary N) is 2. The molecule has 0 bridgehead atoms. The molecule has 0 aromatic carbocycles. The zero-order valence-electron chi connectivity index (χ0n) is 14.2. The highest BCUT2D eigenvalue weighted by Crippen LogP contribution is 2.20. The lowest BCUT2D eigenvalue weighted by Crippen LogP contribution is -2.48. The fourth-order valence-corrected chi connectivity index (χ4v) is 3.21. The van der Waals surface area contributed by atoms with Crippen LogP contribution >= 0.6 is 35.3 Å². The van der Waals surface area contributed by atoms with Gasteiger partial charge in [0, 0.05) is 37.0 Å². The third kappa shape index (κ3) is 7.36. The summed E-state index contributed by atoms with van der Waals surface area (Å²) in [5, 5.41) is 8.83. The zero-order chi connectivity index (χ0) is 15.8. The molecule has 0 amide bonds. The van der Waals surface area contributed by atoms with Crippen molar-refractivity contribution in [2.45, 2.75) is 25.9 Å². The molecule has 1 aromatic heterocycles. The monoisotopic (exact) mass is 452 g/mol. The largest absolute Gasteiger partial charge is 0.374 e. The van der Waals surface area contributed by atoms with Crippen LogP contribution in [0.15, 0.2) is 22.5 Å². The van der Waals surface area contributed by atoms with Crippen LogP contribution in [0, 0.1) is 0 Å². The Hall–Kier alpha value is -0.380. The molecule has 2 heterocycles. The van der Waals surface area contributed by atoms with Crippen LogP contribution in [-0.4, -0.2) is 63.3 Å². The van der Waals surface area contributed by atoms with Crippen molar-refractivity contribution in [2.24, 2.45) is 4.99 Å². The van der Waals surface area contributed by atoms with Gasteiger partial charge in [0.05, 0.1) is 19.3 Å². The fourth-order valence-electron chi connectivity index (χ4n) is 2.43. The Labute approximate surface area is 160 Å². The number of halogens is 1. The van der Waals surface area contributed by atoms with Crippen LogP contribution in [0.3, 0.4) is 0 Å². The van der Waals surface area contributed by atoms with Gasteiger partial charge in [0.25, 0.3) is 0 Å². The summed E-state index contributed by atoms with van der Waals surface area (Å²) in [7, 11) is 2.14. The molecule has 2 unspecified atom stereocenters. The summed E-state index contributed by atoms with van der Waals surface area (Å²) >= 11 is 1.80. The number of ether oxygens (including phenoxy) is 1. The molecule has 0 spiro atoms. The van der Waals surface area contributed by atoms with Crippen LogP contribution in [0.5, 0.6) is 0 Å². The summed E-state index contributed by atoms with van der Waals surface area (Å²) < 4.78 is 5.78. The van der Waals surface area contributed by atoms with E-state index < -0.39 is 0 Å². The summed E-state index contributed by atoms with van der Waals surface area (Å²) in [4.78, 5) is 8.40. The van der Waals surface area contributed by atoms with Crippen LogP contribution < -0.4 is 10.6 Å². The number of likely N-dealkylation sites (N-methyl/N-ethyl adjacent to an activating group) is 1. The van der Waals surface area contributed by atoms with Crippen LogP contribution in [0.4, 0.5) is 0 Å². The topological polar surface area (TPSA) is 48.9 Å². The molecule has 1 aliphatic rings. The van der Waals surface area contributed by atoms with E-state index in [2.05, 4.69) is 53.9 Å². The highest BCUT2D eigenvalue weighted by Gasteiger charge is 2.17. The van der Waals surface area contributed by atoms with Crippen molar-refractivity contribution in [3.8, 4) is 0 Å². The maximum atomic E-state index is 5.78. The average Bonchev–Trinajstić information content (AvgIpc) is 3.04. The van der Waals surface area contributed by atoms with Gasteiger partial charge in [-0.25, -0.2) is 0 Å². The fraction of sp³-hybridized carbons (Fsp3) is 0.688. The van der Waals surface area contributed by atoms with E-state index in [9.17, 15) is 0 Å². The van der Waals surface area contributed by atoms with E-state index in [1.165, 1.54) is 4.88 Å². The lowest BCUT2D eigenvalue weighted by Gasteiger charge is -2.30. The second-order valence-corrected chi connectivity index (χ2v) is 6.75. The molecular formula is C16H29IN4OS. The highest BCUT2D eigenvalue weighted by molar-refractivity contribution is 14.0. The molecule has 2 atom stereocenters. The van der Waals surface area contributed by atoms with Gasteiger partial charge in [-0.2, -0.15) is 0 Å². The summed E-state index contributed by atoms with van der Waals surface area (Å²) in [5.74, 6) is 1.33. The predicted octanol–water partition coefficient (Wildman–Crippen LogP) is 2.36. The van der Waals surface area contributed by atoms with Crippen molar-refractivity contribution in [1.82, 2.24) is 15.5 Å². The minimum atomic E-state index is 0. The Balaban J connectivity index is 0.00000264. The molecule has 1 fully saturated rings. The van der Waals surface area contributed by atoms with E-state index >= 15 is 0 Å². The SMILES string of the molecule is CCNC(=NCC(C)c1cccs1)NCC1CN(C)CCO1.I. The van der Waals surface area contributed by atoms with Crippen molar-refractivity contribution in [2.75, 3.05) is 46.4 Å². The van der Waals surface area contributed by atoms with Gasteiger partial charge in [-0.1, -0.05) is 13.0 Å². The van der Waals surface area contributed by atoms with Crippen molar-refractivity contribution >= 4 is 41.3 Å². The average molecular weight is 452 g/mol. The third-order valence-electron chi connectivity index (χ3n) is 3.74. The molecule has 0 saturated carbocycles. The Bertz CT molecular complexity index is 455. The van der Waals surface area contributed by atoms with E-state index in [1.54, 1.807) is 11.3 Å². The van der Waals surface area contributed by atoms with E-state index in [4.69, 9.17) is 9.73 Å². The smallest absolute Gasteiger partial charge is 0.191 e. The number of nitrogens with zero attached hydrogens (tertiary/aromatic N) is 2. The van der Waals surface area contributed by atoms with Gasteiger partial charge < -0.3 is 20.3 Å². The number of thiophene rings is 1. The second-order valence-electron chi connectivity index (χ2n) is 5.77. The highest BCUT2D eigenvalue weighted by atomic mass is 127. The number of guanidine groups is 1. The molecule has 132 valence electrons. The maximum absolute atomic E-state index is 5.78. The van der Waals surface area contributed by atoms with Gasteiger partial charge in [-0.05, 0) is 25.4 Å². The maximum Gasteiger partial charge on any atom is 0.191 e. The van der Waals surface area contributed by atoms with Crippen LogP contribution in [-0.2, 0) is 4.74 Å². The molecule has 7 heteroatoms. The van der Waals surface area contributed by atoms with Gasteiger partial charge in [0.1, 0.15) is 0 Å². The van der Waals surface area contributed by atoms with Gasteiger partial charge in [-0.15, -0.1) is 35.3 Å². The molecule has 0 aliphatic carbocycles. The molecule has 1 aliphatic heterocycles. The molecule has 2 rings (SSSR count). The van der Waals surface area contributed by atoms with E-state index in [1.807, 2.05) is 0 Å². The Kier molecular flexibility index (Phi) is 10.1. The first-order valence-electron chi connectivity index (χ1n) is 8.04. The Morgan fingerprint density at radius 3 is 3.00 bits per heavy atom. The van der Waals surface area contributed by atoms with Crippen molar-refractivity contribution in [3.05, 3.63) is 22.4 Å². The minimum absolute atomic E-state index is 0.